The largest absolute Gasteiger partial charge is 0.396 e. The molecule has 0 radical (unpaired) electrons. The minimum atomic E-state index is -0.125. The molecule has 0 aromatic carbocycles. The monoisotopic (exact) mass is 180 g/mol. The van der Waals surface area contributed by atoms with Crippen molar-refractivity contribution in [2.24, 2.45) is 5.92 Å². The summed E-state index contributed by atoms with van der Waals surface area (Å²) in [4.78, 5) is 0. The third kappa shape index (κ3) is 16.4. The molecular formula is C8H20O4. The number of rotatable bonds is 5. The van der Waals surface area contributed by atoms with E-state index in [9.17, 15) is 0 Å². The first-order valence-electron chi connectivity index (χ1n) is 4.16. The summed E-state index contributed by atoms with van der Waals surface area (Å²) in [6.07, 6.45) is 1.61. The Bertz CT molecular complexity index is 60.1. The van der Waals surface area contributed by atoms with Crippen molar-refractivity contribution in [3.63, 3.8) is 0 Å². The van der Waals surface area contributed by atoms with Crippen LogP contribution >= 0.6 is 0 Å². The van der Waals surface area contributed by atoms with Gasteiger partial charge in [-0.05, 0) is 18.8 Å². The second kappa shape index (κ2) is 13.4. The molecule has 4 N–H and O–H groups in total. The highest BCUT2D eigenvalue weighted by Gasteiger charge is 1.97. The van der Waals surface area contributed by atoms with Crippen LogP contribution in [-0.2, 0) is 0 Å². The Morgan fingerprint density at radius 1 is 0.750 bits per heavy atom. The van der Waals surface area contributed by atoms with Crippen LogP contribution in [0.5, 0.6) is 0 Å². The van der Waals surface area contributed by atoms with E-state index in [-0.39, 0.29) is 26.4 Å². The first kappa shape index (κ1) is 14.4. The zero-order valence-electron chi connectivity index (χ0n) is 7.61. The van der Waals surface area contributed by atoms with Crippen molar-refractivity contribution in [2.75, 3.05) is 26.4 Å². The first-order valence-corrected chi connectivity index (χ1v) is 4.16. The highest BCUT2D eigenvalue weighted by molar-refractivity contribution is 4.49. The summed E-state index contributed by atoms with van der Waals surface area (Å²) in [5, 5.41) is 32.0. The van der Waals surface area contributed by atoms with Crippen LogP contribution in [0, 0.1) is 5.92 Å². The van der Waals surface area contributed by atoms with Crippen molar-refractivity contribution in [2.45, 2.75) is 19.8 Å². The Labute approximate surface area is 73.5 Å². The average Bonchev–Trinajstić information content (AvgIpc) is 2.06. The Morgan fingerprint density at radius 3 is 1.25 bits per heavy atom. The summed E-state index contributed by atoms with van der Waals surface area (Å²) >= 11 is 0. The Morgan fingerprint density at radius 2 is 1.08 bits per heavy atom. The molecule has 0 aliphatic heterocycles. The van der Waals surface area contributed by atoms with Crippen LogP contribution in [0.15, 0.2) is 0 Å². The van der Waals surface area contributed by atoms with E-state index < -0.39 is 0 Å². The molecule has 0 fully saturated rings. The van der Waals surface area contributed by atoms with E-state index in [0.29, 0.717) is 5.92 Å². The number of hydrogen-bond donors (Lipinski definition) is 4. The molecule has 0 spiro atoms. The van der Waals surface area contributed by atoms with E-state index in [4.69, 9.17) is 20.4 Å². The molecule has 0 saturated carbocycles. The van der Waals surface area contributed by atoms with Gasteiger partial charge in [-0.1, -0.05) is 6.92 Å². The molecule has 0 rings (SSSR count). The van der Waals surface area contributed by atoms with E-state index in [0.717, 1.165) is 12.8 Å². The van der Waals surface area contributed by atoms with Crippen LogP contribution in [0.1, 0.15) is 19.8 Å². The highest BCUT2D eigenvalue weighted by Crippen LogP contribution is 2.03. The van der Waals surface area contributed by atoms with Crippen molar-refractivity contribution >= 4 is 0 Å². The molecule has 0 aliphatic rings. The van der Waals surface area contributed by atoms with Crippen LogP contribution < -0.4 is 0 Å². The third-order valence-electron chi connectivity index (χ3n) is 1.34. The predicted molar refractivity (Wildman–Crippen MR) is 46.7 cm³/mol. The first-order chi connectivity index (χ1) is 5.72. The average molecular weight is 180 g/mol. The lowest BCUT2D eigenvalue weighted by Gasteiger charge is -2.04. The zero-order chi connectivity index (χ0) is 9.82. The summed E-state index contributed by atoms with van der Waals surface area (Å²) in [5.41, 5.74) is 0. The van der Waals surface area contributed by atoms with Gasteiger partial charge in [-0.25, -0.2) is 0 Å². The van der Waals surface area contributed by atoms with Crippen LogP contribution in [-0.4, -0.2) is 46.9 Å². The normalized spacial score (nSPS) is 9.50. The molecule has 0 heterocycles. The van der Waals surface area contributed by atoms with Gasteiger partial charge in [0.05, 0.1) is 13.2 Å². The minimum Gasteiger partial charge on any atom is -0.396 e. The molecule has 0 aliphatic carbocycles. The van der Waals surface area contributed by atoms with Gasteiger partial charge in [-0.15, -0.1) is 0 Å². The van der Waals surface area contributed by atoms with Gasteiger partial charge >= 0.3 is 0 Å². The molecule has 0 amide bonds. The van der Waals surface area contributed by atoms with Crippen LogP contribution in [0.3, 0.4) is 0 Å². The van der Waals surface area contributed by atoms with E-state index in [1.807, 2.05) is 6.92 Å². The van der Waals surface area contributed by atoms with E-state index in [1.54, 1.807) is 0 Å². The van der Waals surface area contributed by atoms with Crippen molar-refractivity contribution in [3.05, 3.63) is 0 Å². The topological polar surface area (TPSA) is 80.9 Å². The maximum absolute atomic E-state index is 8.38. The summed E-state index contributed by atoms with van der Waals surface area (Å²) in [5.74, 6) is 0.463. The van der Waals surface area contributed by atoms with Gasteiger partial charge in [0.1, 0.15) is 0 Å². The number of aliphatic hydroxyl groups is 4. The van der Waals surface area contributed by atoms with Crippen LogP contribution in [0.4, 0.5) is 0 Å². The van der Waals surface area contributed by atoms with Gasteiger partial charge in [0.15, 0.2) is 0 Å². The predicted octanol–water partition coefficient (Wildman–Crippen LogP) is -0.642. The molecule has 0 aromatic heterocycles. The van der Waals surface area contributed by atoms with E-state index in [2.05, 4.69) is 0 Å². The fraction of sp³-hybridized carbons (Fsp3) is 1.00. The lowest BCUT2D eigenvalue weighted by atomic mass is 10.1. The second-order valence-corrected chi connectivity index (χ2v) is 2.58. The molecule has 12 heavy (non-hydrogen) atoms. The molecule has 4 heteroatoms. The quantitative estimate of drug-likeness (QED) is 0.453. The Kier molecular flexibility index (Phi) is 16.1. The molecular weight excluding hydrogens is 160 g/mol. The number of hydrogen-bond acceptors (Lipinski definition) is 4. The number of aliphatic hydroxyl groups excluding tert-OH is 4. The van der Waals surface area contributed by atoms with Gasteiger partial charge in [0.2, 0.25) is 0 Å². The Balaban J connectivity index is 0. The summed E-state index contributed by atoms with van der Waals surface area (Å²) in [6, 6.07) is 0. The molecule has 0 saturated heterocycles. The molecule has 76 valence electrons. The SMILES string of the molecule is CC(CCO)CCO.OCCO. The zero-order valence-corrected chi connectivity index (χ0v) is 7.61. The highest BCUT2D eigenvalue weighted by atomic mass is 16.3. The van der Waals surface area contributed by atoms with E-state index >= 15 is 0 Å². The van der Waals surface area contributed by atoms with Gasteiger partial charge in [0.25, 0.3) is 0 Å². The molecule has 0 atom stereocenters. The standard InChI is InChI=1S/C6H14O2.C2H6O2/c1-6(2-4-7)3-5-8;3-1-2-4/h6-8H,2-5H2,1H3;3-4H,1-2H2. The second-order valence-electron chi connectivity index (χ2n) is 2.58. The van der Waals surface area contributed by atoms with Crippen molar-refractivity contribution in [3.8, 4) is 0 Å². The van der Waals surface area contributed by atoms with E-state index in [1.165, 1.54) is 0 Å². The van der Waals surface area contributed by atoms with Gasteiger partial charge in [-0.3, -0.25) is 0 Å². The lowest BCUT2D eigenvalue weighted by molar-refractivity contribution is 0.186. The van der Waals surface area contributed by atoms with Crippen LogP contribution in [0.2, 0.25) is 0 Å². The fourth-order valence-electron chi connectivity index (χ4n) is 0.585. The summed E-state index contributed by atoms with van der Waals surface area (Å²) in [7, 11) is 0. The van der Waals surface area contributed by atoms with Crippen molar-refractivity contribution in [1.82, 2.24) is 0 Å². The molecule has 0 bridgehead atoms. The van der Waals surface area contributed by atoms with Gasteiger partial charge < -0.3 is 20.4 Å². The minimum absolute atomic E-state index is 0.125. The Hall–Kier alpha value is -0.160. The van der Waals surface area contributed by atoms with Gasteiger partial charge in [0, 0.05) is 13.2 Å². The third-order valence-corrected chi connectivity index (χ3v) is 1.34. The maximum atomic E-state index is 8.38. The summed E-state index contributed by atoms with van der Waals surface area (Å²) in [6.45, 7) is 2.24. The molecule has 4 nitrogen and oxygen atoms in total. The van der Waals surface area contributed by atoms with Crippen molar-refractivity contribution in [1.29, 1.82) is 0 Å². The molecule has 0 unspecified atom stereocenters. The smallest absolute Gasteiger partial charge is 0.0662 e. The fourth-order valence-corrected chi connectivity index (χ4v) is 0.585. The summed E-state index contributed by atoms with van der Waals surface area (Å²) < 4.78 is 0. The van der Waals surface area contributed by atoms with Gasteiger partial charge in [-0.2, -0.15) is 0 Å². The van der Waals surface area contributed by atoms with Crippen molar-refractivity contribution < 1.29 is 20.4 Å². The van der Waals surface area contributed by atoms with Crippen LogP contribution in [0.25, 0.3) is 0 Å². The lowest BCUT2D eigenvalue weighted by Crippen LogP contribution is -1.99. The molecule has 0 aromatic rings. The maximum Gasteiger partial charge on any atom is 0.0662 e.